The Labute approximate surface area is 174 Å². The summed E-state index contributed by atoms with van der Waals surface area (Å²) in [6.07, 6.45) is 4.86. The molecule has 0 spiro atoms. The van der Waals surface area contributed by atoms with E-state index in [9.17, 15) is 4.79 Å². The molecule has 0 unspecified atom stereocenters. The molecule has 0 N–H and O–H groups in total. The van der Waals surface area contributed by atoms with Crippen molar-refractivity contribution >= 4 is 17.7 Å². The minimum atomic E-state index is 0.0943. The van der Waals surface area contributed by atoms with Crippen molar-refractivity contribution in [3.05, 3.63) is 66.0 Å². The van der Waals surface area contributed by atoms with Crippen LogP contribution in [0.4, 0.5) is 0 Å². The highest BCUT2D eigenvalue weighted by Gasteiger charge is 2.26. The Morgan fingerprint density at radius 2 is 2.14 bits per heavy atom. The number of thioether (sulfide) groups is 1. The third-order valence-electron chi connectivity index (χ3n) is 5.37. The molecular formula is C22H24N4O2S. The molecule has 0 fully saturated rings. The number of amides is 1. The van der Waals surface area contributed by atoms with Crippen molar-refractivity contribution in [2.75, 3.05) is 19.9 Å². The van der Waals surface area contributed by atoms with Crippen LogP contribution in [0.5, 0.6) is 5.75 Å². The number of aromatic nitrogens is 3. The van der Waals surface area contributed by atoms with E-state index >= 15 is 0 Å². The van der Waals surface area contributed by atoms with Crippen LogP contribution in [-0.2, 0) is 11.2 Å². The van der Waals surface area contributed by atoms with Gasteiger partial charge >= 0.3 is 0 Å². The third-order valence-corrected chi connectivity index (χ3v) is 6.30. The quantitative estimate of drug-likeness (QED) is 0.579. The van der Waals surface area contributed by atoms with Gasteiger partial charge in [0.2, 0.25) is 5.91 Å². The van der Waals surface area contributed by atoms with Crippen LogP contribution in [0.1, 0.15) is 30.0 Å². The summed E-state index contributed by atoms with van der Waals surface area (Å²) in [7, 11) is 3.54. The lowest BCUT2D eigenvalue weighted by molar-refractivity contribution is -0.129. The van der Waals surface area contributed by atoms with Crippen LogP contribution in [0.15, 0.2) is 60.0 Å². The summed E-state index contributed by atoms with van der Waals surface area (Å²) in [4.78, 5) is 14.8. The number of methoxy groups -OCH3 is 1. The molecule has 1 amide bonds. The molecule has 7 heteroatoms. The normalized spacial score (nSPS) is 15.6. The van der Waals surface area contributed by atoms with Crippen LogP contribution in [0, 0.1) is 0 Å². The first kappa shape index (κ1) is 19.5. The van der Waals surface area contributed by atoms with Crippen molar-refractivity contribution in [3.8, 4) is 11.4 Å². The molecule has 1 aliphatic rings. The molecule has 6 nitrogen and oxygen atoms in total. The van der Waals surface area contributed by atoms with Gasteiger partial charge in [0.1, 0.15) is 12.1 Å². The Morgan fingerprint density at radius 1 is 1.28 bits per heavy atom. The summed E-state index contributed by atoms with van der Waals surface area (Å²) in [6.45, 7) is 0. The maximum absolute atomic E-state index is 12.9. The molecule has 1 heterocycles. The largest absolute Gasteiger partial charge is 0.497 e. The van der Waals surface area contributed by atoms with Gasteiger partial charge in [-0.2, -0.15) is 0 Å². The van der Waals surface area contributed by atoms with E-state index in [-0.39, 0.29) is 11.9 Å². The second kappa shape index (κ2) is 8.69. The Bertz CT molecular complexity index is 1000. The molecule has 1 atom stereocenters. The van der Waals surface area contributed by atoms with Gasteiger partial charge in [-0.1, -0.05) is 42.1 Å². The summed E-state index contributed by atoms with van der Waals surface area (Å²) in [5, 5.41) is 8.90. The second-order valence-electron chi connectivity index (χ2n) is 7.09. The number of nitrogens with zero attached hydrogens (tertiary/aromatic N) is 4. The smallest absolute Gasteiger partial charge is 0.233 e. The van der Waals surface area contributed by atoms with Crippen LogP contribution in [-0.4, -0.2) is 45.5 Å². The van der Waals surface area contributed by atoms with Crippen LogP contribution >= 0.6 is 11.8 Å². The molecule has 1 aliphatic carbocycles. The van der Waals surface area contributed by atoms with Gasteiger partial charge in [0, 0.05) is 13.1 Å². The number of fused-ring (bicyclic) bond motifs is 1. The molecular weight excluding hydrogens is 384 g/mol. The highest BCUT2D eigenvalue weighted by molar-refractivity contribution is 7.99. The van der Waals surface area contributed by atoms with Crippen molar-refractivity contribution in [2.24, 2.45) is 0 Å². The minimum Gasteiger partial charge on any atom is -0.497 e. The summed E-state index contributed by atoms with van der Waals surface area (Å²) >= 11 is 1.40. The third kappa shape index (κ3) is 4.15. The fourth-order valence-corrected chi connectivity index (χ4v) is 4.65. The van der Waals surface area contributed by atoms with Crippen molar-refractivity contribution in [1.82, 2.24) is 19.7 Å². The van der Waals surface area contributed by atoms with Crippen molar-refractivity contribution in [2.45, 2.75) is 30.5 Å². The predicted molar refractivity (Wildman–Crippen MR) is 114 cm³/mol. The van der Waals surface area contributed by atoms with E-state index < -0.39 is 0 Å². The number of ether oxygens (including phenoxy) is 1. The van der Waals surface area contributed by atoms with Gasteiger partial charge in [-0.05, 0) is 42.5 Å². The lowest BCUT2D eigenvalue weighted by Gasteiger charge is -2.33. The maximum atomic E-state index is 12.9. The zero-order valence-corrected chi connectivity index (χ0v) is 17.4. The van der Waals surface area contributed by atoms with E-state index in [2.05, 4.69) is 34.5 Å². The van der Waals surface area contributed by atoms with E-state index in [4.69, 9.17) is 4.74 Å². The zero-order chi connectivity index (χ0) is 20.2. The highest BCUT2D eigenvalue weighted by atomic mass is 32.2. The zero-order valence-electron chi connectivity index (χ0n) is 16.6. The van der Waals surface area contributed by atoms with E-state index in [0.29, 0.717) is 10.9 Å². The van der Waals surface area contributed by atoms with Crippen LogP contribution in [0.25, 0.3) is 5.69 Å². The first-order valence-corrected chi connectivity index (χ1v) is 10.7. The number of carbonyl (C=O) groups excluding carboxylic acids is 1. The van der Waals surface area contributed by atoms with Gasteiger partial charge < -0.3 is 9.64 Å². The van der Waals surface area contributed by atoms with Crippen molar-refractivity contribution in [1.29, 1.82) is 0 Å². The van der Waals surface area contributed by atoms with Crippen LogP contribution < -0.4 is 4.74 Å². The Kier molecular flexibility index (Phi) is 5.85. The number of hydrogen-bond donors (Lipinski definition) is 0. The number of rotatable bonds is 6. The fraction of sp³-hybridized carbons (Fsp3) is 0.318. The van der Waals surface area contributed by atoms with Gasteiger partial charge in [-0.15, -0.1) is 10.2 Å². The molecule has 1 aromatic heterocycles. The second-order valence-corrected chi connectivity index (χ2v) is 8.03. The van der Waals surface area contributed by atoms with Crippen LogP contribution in [0.2, 0.25) is 0 Å². The molecule has 0 bridgehead atoms. The molecule has 0 saturated carbocycles. The molecule has 2 aromatic carbocycles. The van der Waals surface area contributed by atoms with Crippen molar-refractivity contribution < 1.29 is 9.53 Å². The fourth-order valence-electron chi connectivity index (χ4n) is 3.79. The summed E-state index contributed by atoms with van der Waals surface area (Å²) in [5.74, 6) is 1.17. The number of benzene rings is 2. The highest BCUT2D eigenvalue weighted by Crippen LogP contribution is 2.34. The van der Waals surface area contributed by atoms with E-state index in [1.807, 2.05) is 40.8 Å². The topological polar surface area (TPSA) is 60.2 Å². The van der Waals surface area contributed by atoms with E-state index in [0.717, 1.165) is 30.7 Å². The van der Waals surface area contributed by atoms with E-state index in [1.54, 1.807) is 13.4 Å². The lowest BCUT2D eigenvalue weighted by atomic mass is 9.87. The predicted octanol–water partition coefficient (Wildman–Crippen LogP) is 3.90. The SMILES string of the molecule is COc1cccc(-n2cnnc2SCC(=O)N(C)[C@H]2CCCc3ccccc32)c1. The van der Waals surface area contributed by atoms with Crippen LogP contribution in [0.3, 0.4) is 0 Å². The first-order chi connectivity index (χ1) is 14.2. The standard InChI is InChI=1S/C22H24N4O2S/c1-25(20-12-5-8-16-7-3-4-11-19(16)20)21(27)14-29-22-24-23-15-26(22)17-9-6-10-18(13-17)28-2/h3-4,6-7,9-11,13,15,20H,5,8,12,14H2,1-2H3/t20-/m0/s1. The number of carbonyl (C=O) groups is 1. The van der Waals surface area contributed by atoms with Gasteiger partial charge in [0.05, 0.1) is 24.6 Å². The molecule has 0 aliphatic heterocycles. The molecule has 0 radical (unpaired) electrons. The van der Waals surface area contributed by atoms with E-state index in [1.165, 1.54) is 22.9 Å². The first-order valence-electron chi connectivity index (χ1n) is 9.68. The summed E-state index contributed by atoms with van der Waals surface area (Å²) < 4.78 is 7.17. The van der Waals surface area contributed by atoms with Gasteiger partial charge in [-0.3, -0.25) is 9.36 Å². The monoisotopic (exact) mass is 408 g/mol. The molecule has 0 saturated heterocycles. The average Bonchev–Trinajstić information content (AvgIpc) is 3.25. The molecule has 4 rings (SSSR count). The summed E-state index contributed by atoms with van der Waals surface area (Å²) in [6, 6.07) is 16.3. The Hall–Kier alpha value is -2.80. The van der Waals surface area contributed by atoms with Crippen molar-refractivity contribution in [3.63, 3.8) is 0 Å². The number of hydrogen-bond acceptors (Lipinski definition) is 5. The molecule has 3 aromatic rings. The Balaban J connectivity index is 1.45. The Morgan fingerprint density at radius 3 is 3.00 bits per heavy atom. The molecule has 29 heavy (non-hydrogen) atoms. The molecule has 150 valence electrons. The van der Waals surface area contributed by atoms with Gasteiger partial charge in [-0.25, -0.2) is 0 Å². The average molecular weight is 409 g/mol. The van der Waals surface area contributed by atoms with Gasteiger partial charge in [0.15, 0.2) is 5.16 Å². The minimum absolute atomic E-state index is 0.0943. The summed E-state index contributed by atoms with van der Waals surface area (Å²) in [5.41, 5.74) is 3.53. The maximum Gasteiger partial charge on any atom is 0.233 e. The van der Waals surface area contributed by atoms with Gasteiger partial charge in [0.25, 0.3) is 0 Å². The lowest BCUT2D eigenvalue weighted by Crippen LogP contribution is -2.34. The number of aryl methyl sites for hydroxylation is 1.